The molecule has 0 bridgehead atoms. The van der Waals surface area contributed by atoms with Crippen molar-refractivity contribution in [2.45, 2.75) is 44.6 Å². The fourth-order valence-electron chi connectivity index (χ4n) is 1.98. The molecule has 12 heavy (non-hydrogen) atoms. The Labute approximate surface area is 73.6 Å². The summed E-state index contributed by atoms with van der Waals surface area (Å²) < 4.78 is 2.14. The maximum atomic E-state index is 3.97. The molecule has 1 aliphatic rings. The summed E-state index contributed by atoms with van der Waals surface area (Å²) in [5.74, 6) is 0. The van der Waals surface area contributed by atoms with Crippen molar-refractivity contribution in [1.29, 1.82) is 0 Å². The third-order valence-electron chi connectivity index (χ3n) is 2.69. The minimum atomic E-state index is 0.676. The van der Waals surface area contributed by atoms with Crippen LogP contribution < -0.4 is 0 Å². The van der Waals surface area contributed by atoms with Crippen LogP contribution in [0.25, 0.3) is 0 Å². The molecule has 2 nitrogen and oxygen atoms in total. The topological polar surface area (TPSA) is 17.8 Å². The van der Waals surface area contributed by atoms with E-state index in [1.54, 1.807) is 0 Å². The molecule has 0 atom stereocenters. The Hall–Kier alpha value is -0.790. The molecule has 1 saturated carbocycles. The number of aromatic nitrogens is 2. The van der Waals surface area contributed by atoms with Crippen molar-refractivity contribution in [2.75, 3.05) is 0 Å². The SMILES string of the molecule is [c]1nccn1C1CCCCCC1. The summed E-state index contributed by atoms with van der Waals surface area (Å²) in [6.07, 6.45) is 15.0. The van der Waals surface area contributed by atoms with Gasteiger partial charge >= 0.3 is 0 Å². The van der Waals surface area contributed by atoms with E-state index >= 15 is 0 Å². The summed E-state index contributed by atoms with van der Waals surface area (Å²) >= 11 is 0. The van der Waals surface area contributed by atoms with Gasteiger partial charge < -0.3 is 4.57 Å². The standard InChI is InChI=1S/C10H15N2/c1-2-4-6-10(5-3-1)12-8-7-11-9-12/h7-8,10H,1-6H2. The van der Waals surface area contributed by atoms with E-state index in [1.165, 1.54) is 38.5 Å². The zero-order chi connectivity index (χ0) is 8.23. The average molecular weight is 163 g/mol. The van der Waals surface area contributed by atoms with Gasteiger partial charge in [-0.3, -0.25) is 0 Å². The van der Waals surface area contributed by atoms with Crippen LogP contribution in [-0.2, 0) is 0 Å². The Kier molecular flexibility index (Phi) is 2.45. The number of nitrogens with zero attached hydrogens (tertiary/aromatic N) is 2. The molecule has 0 N–H and O–H groups in total. The number of imidazole rings is 1. The Morgan fingerprint density at radius 2 is 1.92 bits per heavy atom. The molecular formula is C10H15N2. The van der Waals surface area contributed by atoms with Gasteiger partial charge in [0.2, 0.25) is 0 Å². The summed E-state index contributed by atoms with van der Waals surface area (Å²) in [6, 6.07) is 0.676. The van der Waals surface area contributed by atoms with Crippen LogP contribution in [-0.4, -0.2) is 9.55 Å². The van der Waals surface area contributed by atoms with E-state index in [0.29, 0.717) is 6.04 Å². The van der Waals surface area contributed by atoms with Crippen LogP contribution in [0.1, 0.15) is 44.6 Å². The number of hydrogen-bond donors (Lipinski definition) is 0. The maximum Gasteiger partial charge on any atom is 0.176 e. The van der Waals surface area contributed by atoms with Crippen LogP contribution in [0.3, 0.4) is 0 Å². The van der Waals surface area contributed by atoms with Crippen molar-refractivity contribution in [1.82, 2.24) is 9.55 Å². The Morgan fingerprint density at radius 1 is 1.17 bits per heavy atom. The first-order valence-corrected chi connectivity index (χ1v) is 4.87. The zero-order valence-electron chi connectivity index (χ0n) is 7.37. The molecule has 0 saturated heterocycles. The van der Waals surface area contributed by atoms with E-state index in [2.05, 4.69) is 15.9 Å². The lowest BCUT2D eigenvalue weighted by Gasteiger charge is -2.14. The van der Waals surface area contributed by atoms with E-state index in [0.717, 1.165) is 0 Å². The molecule has 65 valence electrons. The van der Waals surface area contributed by atoms with Gasteiger partial charge in [-0.2, -0.15) is 0 Å². The van der Waals surface area contributed by atoms with E-state index in [4.69, 9.17) is 0 Å². The lowest BCUT2D eigenvalue weighted by Crippen LogP contribution is -2.05. The first kappa shape index (κ1) is 7.84. The molecule has 0 spiro atoms. The van der Waals surface area contributed by atoms with Crippen LogP contribution in [0.15, 0.2) is 12.4 Å². The van der Waals surface area contributed by atoms with E-state index < -0.39 is 0 Å². The fourth-order valence-corrected chi connectivity index (χ4v) is 1.98. The van der Waals surface area contributed by atoms with Gasteiger partial charge in [-0.1, -0.05) is 25.7 Å². The first-order chi connectivity index (χ1) is 5.97. The molecule has 0 aliphatic heterocycles. The molecule has 1 aromatic rings. The zero-order valence-corrected chi connectivity index (χ0v) is 7.37. The molecule has 0 amide bonds. The minimum absolute atomic E-state index is 0.676. The van der Waals surface area contributed by atoms with Crippen molar-refractivity contribution in [2.24, 2.45) is 0 Å². The second-order valence-corrected chi connectivity index (χ2v) is 3.58. The van der Waals surface area contributed by atoms with E-state index in [1.807, 2.05) is 12.4 Å². The van der Waals surface area contributed by atoms with E-state index in [9.17, 15) is 0 Å². The minimum Gasteiger partial charge on any atom is -0.325 e. The third-order valence-corrected chi connectivity index (χ3v) is 2.69. The third kappa shape index (κ3) is 1.68. The van der Waals surface area contributed by atoms with Crippen molar-refractivity contribution in [3.8, 4) is 0 Å². The number of hydrogen-bond acceptors (Lipinski definition) is 1. The van der Waals surface area contributed by atoms with Gasteiger partial charge in [0.1, 0.15) is 0 Å². The molecule has 0 unspecified atom stereocenters. The Bertz CT molecular complexity index is 208. The maximum absolute atomic E-state index is 3.97. The highest BCUT2D eigenvalue weighted by Gasteiger charge is 2.12. The van der Waals surface area contributed by atoms with E-state index in [-0.39, 0.29) is 0 Å². The smallest absolute Gasteiger partial charge is 0.176 e. The van der Waals surface area contributed by atoms with Gasteiger partial charge in [0.15, 0.2) is 6.33 Å². The van der Waals surface area contributed by atoms with Crippen LogP contribution in [0.2, 0.25) is 0 Å². The highest BCUT2D eigenvalue weighted by molar-refractivity contribution is 4.80. The van der Waals surface area contributed by atoms with Crippen molar-refractivity contribution in [3.63, 3.8) is 0 Å². The quantitative estimate of drug-likeness (QED) is 0.582. The Morgan fingerprint density at radius 3 is 2.50 bits per heavy atom. The average Bonchev–Trinajstić information content (AvgIpc) is 2.48. The summed E-state index contributed by atoms with van der Waals surface area (Å²) in [6.45, 7) is 0. The summed E-state index contributed by atoms with van der Waals surface area (Å²) in [5, 5.41) is 0. The van der Waals surface area contributed by atoms with Gasteiger partial charge in [-0.05, 0) is 12.8 Å². The predicted molar refractivity (Wildman–Crippen MR) is 47.8 cm³/mol. The molecule has 2 heteroatoms. The first-order valence-electron chi connectivity index (χ1n) is 4.87. The van der Waals surface area contributed by atoms with Crippen LogP contribution >= 0.6 is 0 Å². The lowest BCUT2D eigenvalue weighted by molar-refractivity contribution is 0.441. The largest absolute Gasteiger partial charge is 0.325 e. The number of rotatable bonds is 1. The van der Waals surface area contributed by atoms with Gasteiger partial charge in [0.05, 0.1) is 0 Å². The van der Waals surface area contributed by atoms with Crippen LogP contribution in [0, 0.1) is 6.33 Å². The molecule has 2 rings (SSSR count). The van der Waals surface area contributed by atoms with Crippen LogP contribution in [0.5, 0.6) is 0 Å². The normalized spacial score (nSPS) is 20.7. The van der Waals surface area contributed by atoms with Gasteiger partial charge in [-0.15, -0.1) is 0 Å². The molecule has 0 aromatic carbocycles. The highest BCUT2D eigenvalue weighted by atomic mass is 15.0. The molecule has 1 aliphatic carbocycles. The van der Waals surface area contributed by atoms with Gasteiger partial charge in [0.25, 0.3) is 0 Å². The molecule has 1 heterocycles. The summed E-state index contributed by atoms with van der Waals surface area (Å²) in [4.78, 5) is 3.97. The summed E-state index contributed by atoms with van der Waals surface area (Å²) in [7, 11) is 0. The monoisotopic (exact) mass is 163 g/mol. The molecular weight excluding hydrogens is 148 g/mol. The van der Waals surface area contributed by atoms with Gasteiger partial charge in [0, 0.05) is 18.4 Å². The second-order valence-electron chi connectivity index (χ2n) is 3.58. The molecule has 1 radical (unpaired) electrons. The van der Waals surface area contributed by atoms with Crippen LogP contribution in [0.4, 0.5) is 0 Å². The second kappa shape index (κ2) is 3.74. The molecule has 1 fully saturated rings. The Balaban J connectivity index is 2.02. The predicted octanol–water partition coefficient (Wildman–Crippen LogP) is 2.58. The van der Waals surface area contributed by atoms with Crippen molar-refractivity contribution >= 4 is 0 Å². The lowest BCUT2D eigenvalue weighted by atomic mass is 10.1. The summed E-state index contributed by atoms with van der Waals surface area (Å²) in [5.41, 5.74) is 0. The highest BCUT2D eigenvalue weighted by Crippen LogP contribution is 2.26. The van der Waals surface area contributed by atoms with Crippen molar-refractivity contribution in [3.05, 3.63) is 18.7 Å². The van der Waals surface area contributed by atoms with Gasteiger partial charge in [-0.25, -0.2) is 4.98 Å². The molecule has 1 aromatic heterocycles. The fraction of sp³-hybridized carbons (Fsp3) is 0.700. The van der Waals surface area contributed by atoms with Crippen molar-refractivity contribution < 1.29 is 0 Å².